The maximum Gasteiger partial charge on any atom is 0.109 e. The van der Waals surface area contributed by atoms with Crippen molar-refractivity contribution in [2.75, 3.05) is 0 Å². The van der Waals surface area contributed by atoms with E-state index in [1.165, 1.54) is 17.0 Å². The minimum atomic E-state index is 0.156. The fourth-order valence-electron chi connectivity index (χ4n) is 3.10. The van der Waals surface area contributed by atoms with E-state index in [4.69, 9.17) is 4.42 Å². The Kier molecular flexibility index (Phi) is 11.3. The van der Waals surface area contributed by atoms with E-state index in [0.29, 0.717) is 0 Å². The zero-order valence-electron chi connectivity index (χ0n) is 24.9. The predicted octanol–water partition coefficient (Wildman–Crippen LogP) is 9.07. The van der Waals surface area contributed by atoms with Crippen LogP contribution in [-0.4, -0.2) is 22.6 Å². The maximum absolute atomic E-state index is 5.20. The monoisotopic (exact) mass is 494 g/mol. The largest absolute Gasteiger partial charge is 0.469 e. The lowest BCUT2D eigenvalue weighted by Gasteiger charge is -2.16. The molecule has 0 aromatic carbocycles. The van der Waals surface area contributed by atoms with E-state index in [0.717, 1.165) is 18.6 Å². The molecule has 0 aliphatic carbocycles. The lowest BCUT2D eigenvalue weighted by Crippen LogP contribution is -2.09. The Morgan fingerprint density at radius 3 is 1.36 bits per heavy atom. The number of aromatic nitrogens is 2. The highest BCUT2D eigenvalue weighted by atomic mass is 16.3. The molecule has 0 fully saturated rings. The summed E-state index contributed by atoms with van der Waals surface area (Å²) in [4.78, 5) is 8.49. The molecule has 0 atom stereocenters. The number of hydrogen-bond donors (Lipinski definition) is 1. The molecule has 0 saturated carbocycles. The van der Waals surface area contributed by atoms with Crippen molar-refractivity contribution in [3.8, 4) is 0 Å². The van der Waals surface area contributed by atoms with Gasteiger partial charge in [-0.2, -0.15) is 5.10 Å². The highest BCUT2D eigenvalue weighted by molar-refractivity contribution is 5.65. The van der Waals surface area contributed by atoms with Gasteiger partial charge in [-0.25, -0.2) is 0 Å². The number of H-pyrrole nitrogens is 1. The molecule has 0 radical (unpaired) electrons. The van der Waals surface area contributed by atoms with Gasteiger partial charge in [0.05, 0.1) is 12.5 Å². The normalized spacial score (nSPS) is 15.1. The summed E-state index contributed by atoms with van der Waals surface area (Å²) in [6, 6.07) is 3.92. The van der Waals surface area contributed by atoms with Crippen molar-refractivity contribution in [3.63, 3.8) is 0 Å². The molecule has 4 rings (SSSR count). The molecule has 36 heavy (non-hydrogen) atoms. The number of aliphatic imine (C=N–C) groups is 2. The van der Waals surface area contributed by atoms with Gasteiger partial charge in [0.15, 0.2) is 0 Å². The topological polar surface area (TPSA) is 66.5 Å². The average Bonchev–Trinajstić information content (AvgIpc) is 3.57. The van der Waals surface area contributed by atoms with Crippen LogP contribution in [0.4, 0.5) is 0 Å². The standard InChI is InChI=1S/2C8H13N.C8H12O.C7H12N2/c3*1-8(2,3)7-5-4-6-9-7;1-7(2,3)6-4-8-9-5-6/h2*5-6H,4H2,1-3H3;4-6H,1-3H3;4-5H,1-3H3,(H,8,9). The van der Waals surface area contributed by atoms with E-state index in [-0.39, 0.29) is 21.7 Å². The summed E-state index contributed by atoms with van der Waals surface area (Å²) in [5.41, 5.74) is 4.57. The summed E-state index contributed by atoms with van der Waals surface area (Å²) in [6.45, 7) is 26.0. The van der Waals surface area contributed by atoms with Crippen molar-refractivity contribution in [1.82, 2.24) is 10.2 Å². The smallest absolute Gasteiger partial charge is 0.109 e. The zero-order valence-corrected chi connectivity index (χ0v) is 24.9. The summed E-state index contributed by atoms with van der Waals surface area (Å²) in [6.07, 6.45) is 15.8. The van der Waals surface area contributed by atoms with E-state index < -0.39 is 0 Å². The van der Waals surface area contributed by atoms with E-state index in [1.807, 2.05) is 37.0 Å². The van der Waals surface area contributed by atoms with Gasteiger partial charge in [-0.3, -0.25) is 15.1 Å². The van der Waals surface area contributed by atoms with Gasteiger partial charge in [0.1, 0.15) is 5.76 Å². The van der Waals surface area contributed by atoms with Crippen molar-refractivity contribution in [3.05, 3.63) is 65.7 Å². The molecule has 5 nitrogen and oxygen atoms in total. The summed E-state index contributed by atoms with van der Waals surface area (Å²) >= 11 is 0. The van der Waals surface area contributed by atoms with Crippen LogP contribution in [0.3, 0.4) is 0 Å². The Balaban J connectivity index is 0.000000240. The quantitative estimate of drug-likeness (QED) is 0.397. The van der Waals surface area contributed by atoms with Crippen molar-refractivity contribution in [1.29, 1.82) is 0 Å². The van der Waals surface area contributed by atoms with Crippen LogP contribution in [0.15, 0.2) is 68.7 Å². The van der Waals surface area contributed by atoms with Crippen LogP contribution in [0.25, 0.3) is 0 Å². The highest BCUT2D eigenvalue weighted by Crippen LogP contribution is 2.29. The molecule has 2 aliphatic heterocycles. The summed E-state index contributed by atoms with van der Waals surface area (Å²) in [5.74, 6) is 1.04. The first-order valence-corrected chi connectivity index (χ1v) is 12.9. The Morgan fingerprint density at radius 2 is 1.19 bits per heavy atom. The molecule has 2 aliphatic rings. The fraction of sp³-hybridized carbons (Fsp3) is 0.581. The number of nitrogens with zero attached hydrogens (tertiary/aromatic N) is 3. The lowest BCUT2D eigenvalue weighted by molar-refractivity contribution is 0.409. The SMILES string of the molecule is CC(C)(C)C1=CCC=N1.CC(C)(C)C1=CCC=N1.CC(C)(C)c1ccco1.CC(C)(C)c1cn[nH]c1. The molecular formula is C31H50N4O. The van der Waals surface area contributed by atoms with Crippen LogP contribution in [-0.2, 0) is 10.8 Å². The minimum absolute atomic E-state index is 0.156. The molecule has 0 saturated heterocycles. The zero-order chi connectivity index (χ0) is 27.6. The van der Waals surface area contributed by atoms with E-state index in [2.05, 4.69) is 115 Å². The van der Waals surface area contributed by atoms with Gasteiger partial charge >= 0.3 is 0 Å². The number of hydrogen-bond acceptors (Lipinski definition) is 4. The van der Waals surface area contributed by atoms with E-state index in [9.17, 15) is 0 Å². The second-order valence-corrected chi connectivity index (χ2v) is 13.2. The molecule has 4 heterocycles. The Morgan fingerprint density at radius 1 is 0.694 bits per heavy atom. The van der Waals surface area contributed by atoms with Gasteiger partial charge in [-0.05, 0) is 23.1 Å². The summed E-state index contributed by atoms with van der Waals surface area (Å²) in [5, 5.41) is 6.65. The Hall–Kier alpha value is -2.69. The van der Waals surface area contributed by atoms with Crippen LogP contribution < -0.4 is 0 Å². The van der Waals surface area contributed by atoms with Crippen LogP contribution in [0.1, 0.15) is 107 Å². The molecule has 2 aromatic rings. The van der Waals surface area contributed by atoms with Gasteiger partial charge < -0.3 is 4.42 Å². The molecule has 5 heteroatoms. The first kappa shape index (κ1) is 31.3. The molecule has 1 N–H and O–H groups in total. The summed E-state index contributed by atoms with van der Waals surface area (Å²) in [7, 11) is 0. The van der Waals surface area contributed by atoms with Crippen molar-refractivity contribution in [2.24, 2.45) is 20.8 Å². The second kappa shape index (κ2) is 13.0. The second-order valence-electron chi connectivity index (χ2n) is 13.2. The molecule has 0 spiro atoms. The highest BCUT2D eigenvalue weighted by Gasteiger charge is 2.18. The minimum Gasteiger partial charge on any atom is -0.469 e. The van der Waals surface area contributed by atoms with E-state index >= 15 is 0 Å². The third-order valence-electron chi connectivity index (χ3n) is 5.46. The Bertz CT molecular complexity index is 909. The molecule has 0 unspecified atom stereocenters. The predicted molar refractivity (Wildman–Crippen MR) is 156 cm³/mol. The number of allylic oxidation sites excluding steroid dienone is 4. The van der Waals surface area contributed by atoms with Gasteiger partial charge in [0.25, 0.3) is 0 Å². The molecule has 2 aromatic heterocycles. The molecule has 0 bridgehead atoms. The number of furan rings is 1. The Labute approximate surface area is 220 Å². The van der Waals surface area contributed by atoms with Crippen LogP contribution in [0.2, 0.25) is 0 Å². The molecular weight excluding hydrogens is 444 g/mol. The van der Waals surface area contributed by atoms with E-state index in [1.54, 1.807) is 6.26 Å². The summed E-state index contributed by atoms with van der Waals surface area (Å²) < 4.78 is 5.20. The van der Waals surface area contributed by atoms with Crippen LogP contribution in [0.5, 0.6) is 0 Å². The number of aromatic amines is 1. The first-order valence-electron chi connectivity index (χ1n) is 12.9. The maximum atomic E-state index is 5.20. The van der Waals surface area contributed by atoms with Gasteiger partial charge in [0.2, 0.25) is 0 Å². The fourth-order valence-corrected chi connectivity index (χ4v) is 3.10. The van der Waals surface area contributed by atoms with Gasteiger partial charge in [-0.15, -0.1) is 0 Å². The van der Waals surface area contributed by atoms with Gasteiger partial charge in [0, 0.05) is 59.1 Å². The third kappa shape index (κ3) is 11.8. The lowest BCUT2D eigenvalue weighted by atomic mass is 9.90. The molecule has 0 amide bonds. The van der Waals surface area contributed by atoms with Crippen molar-refractivity contribution in [2.45, 2.75) is 107 Å². The number of nitrogens with one attached hydrogen (secondary N) is 1. The van der Waals surface area contributed by atoms with Gasteiger partial charge in [-0.1, -0.05) is 95.2 Å². The average molecular weight is 495 g/mol. The molecule has 200 valence electrons. The van der Waals surface area contributed by atoms with Crippen molar-refractivity contribution < 1.29 is 4.42 Å². The third-order valence-corrected chi connectivity index (χ3v) is 5.46. The van der Waals surface area contributed by atoms with Crippen molar-refractivity contribution >= 4 is 12.4 Å². The van der Waals surface area contributed by atoms with Crippen LogP contribution >= 0.6 is 0 Å². The first-order chi connectivity index (χ1) is 16.4. The number of rotatable bonds is 0. The van der Waals surface area contributed by atoms with Crippen LogP contribution in [0, 0.1) is 10.8 Å².